The normalized spacial score (nSPS) is 12.1. The van der Waals surface area contributed by atoms with Gasteiger partial charge in [0.2, 0.25) is 0 Å². The highest BCUT2D eigenvalue weighted by Crippen LogP contribution is 2.21. The third-order valence-electron chi connectivity index (χ3n) is 5.33. The lowest BCUT2D eigenvalue weighted by molar-refractivity contribution is 0.193. The highest BCUT2D eigenvalue weighted by molar-refractivity contribution is 5.62. The van der Waals surface area contributed by atoms with Crippen LogP contribution in [0, 0.1) is 0 Å². The van der Waals surface area contributed by atoms with Crippen LogP contribution in [-0.4, -0.2) is 45.4 Å². The second-order valence-electron chi connectivity index (χ2n) is 7.29. The number of aromatic nitrogens is 3. The summed E-state index contributed by atoms with van der Waals surface area (Å²) in [6, 6.07) is 15.3. The topological polar surface area (TPSA) is 60.2 Å². The van der Waals surface area contributed by atoms with Crippen molar-refractivity contribution >= 4 is 0 Å². The van der Waals surface area contributed by atoms with Gasteiger partial charge in [0.05, 0.1) is 12.8 Å². The van der Waals surface area contributed by atoms with E-state index in [-0.39, 0.29) is 5.56 Å². The molecule has 6 nitrogen and oxygen atoms in total. The fourth-order valence-corrected chi connectivity index (χ4v) is 3.37. The van der Waals surface area contributed by atoms with Crippen LogP contribution >= 0.6 is 0 Å². The Balaban J connectivity index is 1.58. The monoisotopic (exact) mass is 406 g/mol. The van der Waals surface area contributed by atoms with Crippen molar-refractivity contribution in [2.24, 2.45) is 0 Å². The van der Waals surface area contributed by atoms with Crippen molar-refractivity contribution in [2.45, 2.75) is 39.7 Å². The average molecular weight is 407 g/mol. The van der Waals surface area contributed by atoms with Crippen LogP contribution in [0.25, 0.3) is 16.9 Å². The zero-order valence-corrected chi connectivity index (χ0v) is 18.0. The van der Waals surface area contributed by atoms with Crippen LogP contribution in [0.5, 0.6) is 5.75 Å². The van der Waals surface area contributed by atoms with Crippen LogP contribution in [0.15, 0.2) is 65.7 Å². The summed E-state index contributed by atoms with van der Waals surface area (Å²) < 4.78 is 7.18. The summed E-state index contributed by atoms with van der Waals surface area (Å²) in [6.07, 6.45) is 5.48. The summed E-state index contributed by atoms with van der Waals surface area (Å²) in [5.41, 5.74) is 1.48. The van der Waals surface area contributed by atoms with Gasteiger partial charge in [-0.15, -0.1) is 0 Å². The number of nitrogens with zero attached hydrogens (tertiary/aromatic N) is 4. The first-order chi connectivity index (χ1) is 14.6. The third-order valence-corrected chi connectivity index (χ3v) is 5.33. The van der Waals surface area contributed by atoms with Crippen LogP contribution in [0.2, 0.25) is 0 Å². The van der Waals surface area contributed by atoms with Crippen LogP contribution in [-0.2, 0) is 0 Å². The smallest absolute Gasteiger partial charge is 0.273 e. The van der Waals surface area contributed by atoms with E-state index in [0.717, 1.165) is 42.8 Å². The van der Waals surface area contributed by atoms with Gasteiger partial charge in [-0.2, -0.15) is 9.78 Å². The lowest BCUT2D eigenvalue weighted by Gasteiger charge is -2.26. The van der Waals surface area contributed by atoms with Gasteiger partial charge >= 0.3 is 0 Å². The molecule has 0 saturated carbocycles. The number of benzene rings is 1. The molecular formula is C24H30N4O2. The van der Waals surface area contributed by atoms with Gasteiger partial charge < -0.3 is 9.64 Å². The molecule has 0 aliphatic heterocycles. The molecule has 30 heavy (non-hydrogen) atoms. The highest BCUT2D eigenvalue weighted by Gasteiger charge is 2.09. The fraction of sp³-hybridized carbons (Fsp3) is 0.375. The zero-order chi connectivity index (χ0) is 21.3. The van der Waals surface area contributed by atoms with E-state index in [1.807, 2.05) is 30.3 Å². The van der Waals surface area contributed by atoms with Gasteiger partial charge in [0.15, 0.2) is 5.82 Å². The number of hydrogen-bond donors (Lipinski definition) is 0. The average Bonchev–Trinajstić information content (AvgIpc) is 2.79. The number of ether oxygens (including phenoxy) is 1. The van der Waals surface area contributed by atoms with E-state index >= 15 is 0 Å². The van der Waals surface area contributed by atoms with E-state index in [4.69, 9.17) is 4.74 Å². The lowest BCUT2D eigenvalue weighted by Crippen LogP contribution is -2.33. The fourth-order valence-electron chi connectivity index (χ4n) is 3.37. The van der Waals surface area contributed by atoms with Crippen LogP contribution in [0.1, 0.15) is 33.6 Å². The van der Waals surface area contributed by atoms with Crippen molar-refractivity contribution in [1.29, 1.82) is 0 Å². The molecule has 0 aliphatic rings. The Morgan fingerprint density at radius 3 is 2.53 bits per heavy atom. The molecule has 158 valence electrons. The second kappa shape index (κ2) is 10.7. The van der Waals surface area contributed by atoms with Crippen molar-refractivity contribution in [3.8, 4) is 22.7 Å². The first-order valence-electron chi connectivity index (χ1n) is 10.6. The first kappa shape index (κ1) is 21.7. The molecule has 0 bridgehead atoms. The van der Waals surface area contributed by atoms with Gasteiger partial charge in [-0.1, -0.05) is 32.0 Å². The van der Waals surface area contributed by atoms with Crippen molar-refractivity contribution < 1.29 is 4.74 Å². The standard InChI is InChI=1S/C24H30N4O2/c1-4-19(3)27(5-2)15-8-16-30-22-12-10-20(11-13-22)21-17-24(29)28(26-18-21)23-9-6-7-14-25-23/h6-7,9-14,17-19H,4-5,8,15-16H2,1-3H3/t19-/m1/s1. The Bertz CT molecular complexity index is 971. The van der Waals surface area contributed by atoms with Gasteiger partial charge in [0.25, 0.3) is 5.56 Å². The van der Waals surface area contributed by atoms with Gasteiger partial charge in [0.1, 0.15) is 5.75 Å². The van der Waals surface area contributed by atoms with Crippen LogP contribution in [0.4, 0.5) is 0 Å². The van der Waals surface area contributed by atoms with E-state index < -0.39 is 0 Å². The number of rotatable bonds is 10. The maximum atomic E-state index is 12.4. The van der Waals surface area contributed by atoms with E-state index in [1.54, 1.807) is 30.6 Å². The molecule has 2 aromatic heterocycles. The van der Waals surface area contributed by atoms with E-state index in [9.17, 15) is 4.79 Å². The second-order valence-corrected chi connectivity index (χ2v) is 7.29. The molecule has 0 radical (unpaired) electrons. The molecule has 0 amide bonds. The SMILES string of the molecule is CC[C@@H](C)N(CC)CCCOc1ccc(-c2cnn(-c3ccccn3)c(=O)c2)cc1. The molecule has 6 heteroatoms. The van der Waals surface area contributed by atoms with Gasteiger partial charge in [-0.05, 0) is 56.1 Å². The minimum atomic E-state index is -0.215. The molecule has 3 rings (SSSR count). The Kier molecular flexibility index (Phi) is 7.74. The van der Waals surface area contributed by atoms with E-state index in [2.05, 4.69) is 35.8 Å². The number of pyridine rings is 1. The minimum Gasteiger partial charge on any atom is -0.494 e. The largest absolute Gasteiger partial charge is 0.494 e. The molecule has 3 aromatic rings. The molecule has 0 aliphatic carbocycles. The Hall–Kier alpha value is -2.99. The molecule has 0 N–H and O–H groups in total. The Morgan fingerprint density at radius 1 is 1.10 bits per heavy atom. The predicted molar refractivity (Wildman–Crippen MR) is 120 cm³/mol. The molecule has 1 atom stereocenters. The summed E-state index contributed by atoms with van der Waals surface area (Å²) in [7, 11) is 0. The summed E-state index contributed by atoms with van der Waals surface area (Å²) >= 11 is 0. The van der Waals surface area contributed by atoms with E-state index in [0.29, 0.717) is 18.5 Å². The summed E-state index contributed by atoms with van der Waals surface area (Å²) in [4.78, 5) is 19.1. The zero-order valence-electron chi connectivity index (χ0n) is 18.0. The molecule has 1 aromatic carbocycles. The maximum Gasteiger partial charge on any atom is 0.273 e. The summed E-state index contributed by atoms with van der Waals surface area (Å²) in [5.74, 6) is 1.34. The van der Waals surface area contributed by atoms with Crippen molar-refractivity contribution in [3.05, 3.63) is 71.3 Å². The van der Waals surface area contributed by atoms with Gasteiger partial charge in [-0.3, -0.25) is 4.79 Å². The molecule has 0 saturated heterocycles. The maximum absolute atomic E-state index is 12.4. The summed E-state index contributed by atoms with van der Waals surface area (Å²) in [6.45, 7) is 9.50. The molecule has 0 fully saturated rings. The minimum absolute atomic E-state index is 0.215. The van der Waals surface area contributed by atoms with Crippen molar-refractivity contribution in [3.63, 3.8) is 0 Å². The Morgan fingerprint density at radius 2 is 1.90 bits per heavy atom. The quantitative estimate of drug-likeness (QED) is 0.473. The number of hydrogen-bond acceptors (Lipinski definition) is 5. The van der Waals surface area contributed by atoms with Crippen LogP contribution < -0.4 is 10.3 Å². The molecule has 2 heterocycles. The first-order valence-corrected chi connectivity index (χ1v) is 10.6. The molecule has 0 spiro atoms. The lowest BCUT2D eigenvalue weighted by atomic mass is 10.1. The van der Waals surface area contributed by atoms with Crippen molar-refractivity contribution in [2.75, 3.05) is 19.7 Å². The van der Waals surface area contributed by atoms with Crippen LogP contribution in [0.3, 0.4) is 0 Å². The van der Waals surface area contributed by atoms with E-state index in [1.165, 1.54) is 4.68 Å². The highest BCUT2D eigenvalue weighted by atomic mass is 16.5. The molecule has 0 unspecified atom stereocenters. The molecular weight excluding hydrogens is 376 g/mol. The van der Waals surface area contributed by atoms with Gasteiger partial charge in [0, 0.05) is 30.4 Å². The third kappa shape index (κ3) is 5.54. The summed E-state index contributed by atoms with van der Waals surface area (Å²) in [5, 5.41) is 4.26. The predicted octanol–water partition coefficient (Wildman–Crippen LogP) is 4.18. The van der Waals surface area contributed by atoms with Crippen molar-refractivity contribution in [1.82, 2.24) is 19.7 Å². The van der Waals surface area contributed by atoms with Gasteiger partial charge in [-0.25, -0.2) is 4.98 Å². The Labute approximate surface area is 178 Å².